The van der Waals surface area contributed by atoms with Crippen LogP contribution in [-0.4, -0.2) is 43.8 Å². The van der Waals surface area contributed by atoms with E-state index >= 15 is 0 Å². The van der Waals surface area contributed by atoms with Gasteiger partial charge in [-0.25, -0.2) is 4.39 Å². The Morgan fingerprint density at radius 1 is 1.27 bits per heavy atom. The van der Waals surface area contributed by atoms with Crippen LogP contribution in [-0.2, 0) is 0 Å². The number of piperidine rings is 1. The molecule has 2 nitrogen and oxygen atoms in total. The van der Waals surface area contributed by atoms with E-state index < -0.39 is 6.17 Å². The van der Waals surface area contributed by atoms with Crippen molar-refractivity contribution in [3.63, 3.8) is 0 Å². The topological polar surface area (TPSA) is 15.3 Å². The van der Waals surface area contributed by atoms with Crippen molar-refractivity contribution in [2.45, 2.75) is 53.3 Å². The zero-order valence-electron chi connectivity index (χ0n) is 11.3. The molecule has 1 aliphatic heterocycles. The highest BCUT2D eigenvalue weighted by atomic mass is 19.1. The molecule has 1 rings (SSSR count). The molecule has 0 aromatic rings. The highest BCUT2D eigenvalue weighted by molar-refractivity contribution is 4.83. The standard InChI is InChI=1S/C8H17FN2.2C2H6/c1-3-11-5-4-8(10-2)7(9)6-11;2*1-2/h7-8,10H,3-6H2,1-2H3;2*1-2H3. The number of alkyl halides is 1. The van der Waals surface area contributed by atoms with Crippen molar-refractivity contribution < 1.29 is 4.39 Å². The Bertz CT molecular complexity index is 120. The monoisotopic (exact) mass is 220 g/mol. The fourth-order valence-corrected chi connectivity index (χ4v) is 1.58. The fourth-order valence-electron chi connectivity index (χ4n) is 1.58. The van der Waals surface area contributed by atoms with Crippen LogP contribution in [0, 0.1) is 0 Å². The van der Waals surface area contributed by atoms with E-state index in [2.05, 4.69) is 17.1 Å². The highest BCUT2D eigenvalue weighted by Gasteiger charge is 2.26. The van der Waals surface area contributed by atoms with Crippen LogP contribution in [0.4, 0.5) is 4.39 Å². The summed E-state index contributed by atoms with van der Waals surface area (Å²) in [4.78, 5) is 2.15. The Hall–Kier alpha value is -0.150. The van der Waals surface area contributed by atoms with Gasteiger partial charge in [-0.1, -0.05) is 34.6 Å². The average Bonchev–Trinajstić information content (AvgIpc) is 2.34. The minimum Gasteiger partial charge on any atom is -0.314 e. The predicted molar refractivity (Wildman–Crippen MR) is 67.2 cm³/mol. The molecule has 2 atom stereocenters. The first-order valence-electron chi connectivity index (χ1n) is 6.31. The predicted octanol–water partition coefficient (Wildman–Crippen LogP) is 2.69. The van der Waals surface area contributed by atoms with E-state index in [-0.39, 0.29) is 6.04 Å². The minimum absolute atomic E-state index is 0.0813. The first-order chi connectivity index (χ1) is 7.27. The number of hydrogen-bond donors (Lipinski definition) is 1. The van der Waals surface area contributed by atoms with Gasteiger partial charge in [-0.15, -0.1) is 0 Å². The van der Waals surface area contributed by atoms with Crippen molar-refractivity contribution >= 4 is 0 Å². The van der Waals surface area contributed by atoms with Crippen molar-refractivity contribution in [2.24, 2.45) is 0 Å². The van der Waals surface area contributed by atoms with E-state index in [0.29, 0.717) is 6.54 Å². The molecule has 3 heteroatoms. The second kappa shape index (κ2) is 11.9. The van der Waals surface area contributed by atoms with E-state index in [1.807, 2.05) is 34.7 Å². The molecule has 0 aromatic heterocycles. The van der Waals surface area contributed by atoms with Crippen LogP contribution >= 0.6 is 0 Å². The van der Waals surface area contributed by atoms with Gasteiger partial charge < -0.3 is 10.2 Å². The summed E-state index contributed by atoms with van der Waals surface area (Å²) >= 11 is 0. The van der Waals surface area contributed by atoms with E-state index in [1.165, 1.54) is 0 Å². The van der Waals surface area contributed by atoms with Gasteiger partial charge in [-0.3, -0.25) is 0 Å². The van der Waals surface area contributed by atoms with Gasteiger partial charge in [-0.2, -0.15) is 0 Å². The number of halogens is 1. The molecule has 0 bridgehead atoms. The Morgan fingerprint density at radius 2 is 1.80 bits per heavy atom. The molecular weight excluding hydrogens is 191 g/mol. The van der Waals surface area contributed by atoms with Crippen molar-refractivity contribution in [1.29, 1.82) is 0 Å². The summed E-state index contributed by atoms with van der Waals surface area (Å²) in [6.45, 7) is 12.7. The van der Waals surface area contributed by atoms with Crippen LogP contribution in [0.2, 0.25) is 0 Å². The van der Waals surface area contributed by atoms with E-state index in [1.54, 1.807) is 0 Å². The molecule has 0 amide bonds. The maximum absolute atomic E-state index is 13.2. The van der Waals surface area contributed by atoms with Crippen LogP contribution < -0.4 is 5.32 Å². The summed E-state index contributed by atoms with van der Waals surface area (Å²) < 4.78 is 13.2. The number of rotatable bonds is 2. The third-order valence-electron chi connectivity index (χ3n) is 2.44. The number of hydrogen-bond acceptors (Lipinski definition) is 2. The summed E-state index contributed by atoms with van der Waals surface area (Å²) in [5.41, 5.74) is 0. The average molecular weight is 220 g/mol. The number of nitrogens with one attached hydrogen (secondary N) is 1. The molecule has 15 heavy (non-hydrogen) atoms. The molecule has 1 fully saturated rings. The maximum Gasteiger partial charge on any atom is 0.128 e. The lowest BCUT2D eigenvalue weighted by atomic mass is 10.0. The Kier molecular flexibility index (Phi) is 13.7. The zero-order valence-corrected chi connectivity index (χ0v) is 11.3. The van der Waals surface area contributed by atoms with Crippen molar-refractivity contribution in [1.82, 2.24) is 10.2 Å². The smallest absolute Gasteiger partial charge is 0.128 e. The van der Waals surface area contributed by atoms with Crippen LogP contribution in [0.5, 0.6) is 0 Å². The number of nitrogens with zero attached hydrogens (tertiary/aromatic N) is 1. The summed E-state index contributed by atoms with van der Waals surface area (Å²) in [6, 6.07) is 0.0813. The van der Waals surface area contributed by atoms with Crippen LogP contribution in [0.3, 0.4) is 0 Å². The van der Waals surface area contributed by atoms with E-state index in [4.69, 9.17) is 0 Å². The van der Waals surface area contributed by atoms with Crippen molar-refractivity contribution in [3.8, 4) is 0 Å². The quantitative estimate of drug-likeness (QED) is 0.770. The molecule has 0 radical (unpaired) electrons. The third-order valence-corrected chi connectivity index (χ3v) is 2.44. The lowest BCUT2D eigenvalue weighted by Crippen LogP contribution is -2.49. The molecule has 94 valence electrons. The molecule has 1 aliphatic rings. The molecule has 0 aliphatic carbocycles. The number of likely N-dealkylation sites (tertiary alicyclic amines) is 1. The Morgan fingerprint density at radius 3 is 2.13 bits per heavy atom. The van der Waals surface area contributed by atoms with Crippen molar-refractivity contribution in [2.75, 3.05) is 26.7 Å². The van der Waals surface area contributed by atoms with Gasteiger partial charge in [-0.05, 0) is 26.6 Å². The largest absolute Gasteiger partial charge is 0.314 e. The summed E-state index contributed by atoms with van der Waals surface area (Å²) in [7, 11) is 1.83. The van der Waals surface area contributed by atoms with Gasteiger partial charge in [0.1, 0.15) is 6.17 Å². The zero-order chi connectivity index (χ0) is 12.3. The van der Waals surface area contributed by atoms with Crippen LogP contribution in [0.15, 0.2) is 0 Å². The van der Waals surface area contributed by atoms with Gasteiger partial charge in [0.25, 0.3) is 0 Å². The summed E-state index contributed by atoms with van der Waals surface area (Å²) in [5.74, 6) is 0. The second-order valence-corrected chi connectivity index (χ2v) is 3.09. The summed E-state index contributed by atoms with van der Waals surface area (Å²) in [5, 5.41) is 3.00. The molecular formula is C12H29FN2. The normalized spacial score (nSPS) is 25.8. The van der Waals surface area contributed by atoms with Gasteiger partial charge in [0.15, 0.2) is 0 Å². The van der Waals surface area contributed by atoms with Crippen LogP contribution in [0.25, 0.3) is 0 Å². The van der Waals surface area contributed by atoms with Gasteiger partial charge in [0, 0.05) is 12.6 Å². The van der Waals surface area contributed by atoms with Gasteiger partial charge >= 0.3 is 0 Å². The van der Waals surface area contributed by atoms with Gasteiger partial charge in [0.05, 0.1) is 0 Å². The molecule has 0 saturated carbocycles. The van der Waals surface area contributed by atoms with Gasteiger partial charge in [0.2, 0.25) is 0 Å². The highest BCUT2D eigenvalue weighted by Crippen LogP contribution is 2.12. The molecule has 0 spiro atoms. The molecule has 1 heterocycles. The third kappa shape index (κ3) is 6.85. The first kappa shape index (κ1) is 17.3. The van der Waals surface area contributed by atoms with E-state index in [9.17, 15) is 4.39 Å². The first-order valence-corrected chi connectivity index (χ1v) is 6.31. The Labute approximate surface area is 95.2 Å². The van der Waals surface area contributed by atoms with E-state index in [0.717, 1.165) is 19.5 Å². The molecule has 0 aromatic carbocycles. The summed E-state index contributed by atoms with van der Waals surface area (Å²) in [6.07, 6.45) is 0.250. The SMILES string of the molecule is CC.CC.CCN1CCC(NC)C(F)C1. The second-order valence-electron chi connectivity index (χ2n) is 3.09. The lowest BCUT2D eigenvalue weighted by molar-refractivity contribution is 0.112. The molecule has 1 saturated heterocycles. The molecule has 2 unspecified atom stereocenters. The fraction of sp³-hybridized carbons (Fsp3) is 1.00. The Balaban J connectivity index is 0. The van der Waals surface area contributed by atoms with Crippen LogP contribution in [0.1, 0.15) is 41.0 Å². The maximum atomic E-state index is 13.2. The molecule has 1 N–H and O–H groups in total. The van der Waals surface area contributed by atoms with Crippen molar-refractivity contribution in [3.05, 3.63) is 0 Å². The lowest BCUT2D eigenvalue weighted by Gasteiger charge is -2.33. The minimum atomic E-state index is -0.686.